The molecule has 7 nitrogen and oxygen atoms in total. The van der Waals surface area contributed by atoms with E-state index < -0.39 is 5.66 Å². The summed E-state index contributed by atoms with van der Waals surface area (Å²) in [5.74, 6) is 0.930. The maximum atomic E-state index is 12.6. The molecule has 29 heavy (non-hydrogen) atoms. The van der Waals surface area contributed by atoms with Crippen molar-refractivity contribution < 1.29 is 18.7 Å². The molecule has 3 aliphatic rings. The summed E-state index contributed by atoms with van der Waals surface area (Å²) in [6.07, 6.45) is 4.98. The number of nitrogens with zero attached hydrogens (tertiary/aromatic N) is 1. The summed E-state index contributed by atoms with van der Waals surface area (Å²) < 4.78 is 11.6. The second-order valence-corrected chi connectivity index (χ2v) is 8.32. The molecule has 7 heteroatoms. The van der Waals surface area contributed by atoms with Crippen molar-refractivity contribution >= 4 is 17.5 Å². The van der Waals surface area contributed by atoms with E-state index in [2.05, 4.69) is 10.6 Å². The monoisotopic (exact) mass is 395 g/mol. The van der Waals surface area contributed by atoms with Gasteiger partial charge in [-0.05, 0) is 37.1 Å². The lowest BCUT2D eigenvalue weighted by Crippen LogP contribution is -2.59. The summed E-state index contributed by atoms with van der Waals surface area (Å²) in [6.45, 7) is 1.79. The lowest BCUT2D eigenvalue weighted by molar-refractivity contribution is -0.136. The van der Waals surface area contributed by atoms with E-state index in [-0.39, 0.29) is 17.4 Å². The molecule has 5 rings (SSSR count). The summed E-state index contributed by atoms with van der Waals surface area (Å²) in [5, 5.41) is 6.62. The van der Waals surface area contributed by atoms with Crippen molar-refractivity contribution in [1.29, 1.82) is 0 Å². The van der Waals surface area contributed by atoms with Gasteiger partial charge in [0.1, 0.15) is 11.4 Å². The molecule has 0 bridgehead atoms. The van der Waals surface area contributed by atoms with Crippen LogP contribution in [-0.4, -0.2) is 47.7 Å². The number of fused-ring (bicyclic) bond motifs is 1. The predicted octanol–water partition coefficient (Wildman–Crippen LogP) is 2.55. The van der Waals surface area contributed by atoms with Crippen molar-refractivity contribution in [2.45, 2.75) is 43.4 Å². The van der Waals surface area contributed by atoms with E-state index >= 15 is 0 Å². The predicted molar refractivity (Wildman–Crippen MR) is 106 cm³/mol. The average molecular weight is 395 g/mol. The van der Waals surface area contributed by atoms with E-state index in [9.17, 15) is 9.59 Å². The number of anilines is 1. The van der Waals surface area contributed by atoms with Gasteiger partial charge in [0.2, 0.25) is 5.91 Å². The average Bonchev–Trinajstić information content (AvgIpc) is 3.36. The molecule has 0 aliphatic carbocycles. The van der Waals surface area contributed by atoms with Crippen molar-refractivity contribution in [3.63, 3.8) is 0 Å². The van der Waals surface area contributed by atoms with Crippen LogP contribution in [0.3, 0.4) is 0 Å². The molecule has 2 aromatic rings. The molecule has 2 N–H and O–H groups in total. The van der Waals surface area contributed by atoms with E-state index in [1.54, 1.807) is 6.26 Å². The van der Waals surface area contributed by atoms with Gasteiger partial charge in [-0.25, -0.2) is 0 Å². The molecule has 1 aromatic heterocycles. The topological polar surface area (TPSA) is 83.8 Å². The first-order chi connectivity index (χ1) is 14.1. The van der Waals surface area contributed by atoms with Crippen molar-refractivity contribution in [2.75, 3.05) is 25.0 Å². The SMILES string of the molecule is O=C1NC2(COC3(CCN(C(=O)CCc4ccco4)CC3)C2)Nc2ccccc21. The zero-order valence-corrected chi connectivity index (χ0v) is 16.3. The fourth-order valence-electron chi connectivity index (χ4n) is 4.78. The van der Waals surface area contributed by atoms with Gasteiger partial charge in [-0.1, -0.05) is 12.1 Å². The van der Waals surface area contributed by atoms with Gasteiger partial charge in [-0.2, -0.15) is 0 Å². The fraction of sp³-hybridized carbons (Fsp3) is 0.455. The number of amides is 2. The summed E-state index contributed by atoms with van der Waals surface area (Å²) in [7, 11) is 0. The van der Waals surface area contributed by atoms with E-state index in [4.69, 9.17) is 9.15 Å². The number of hydrogen-bond donors (Lipinski definition) is 2. The molecule has 1 aromatic carbocycles. The minimum absolute atomic E-state index is 0.0643. The third-order valence-electron chi connectivity index (χ3n) is 6.34. The molecule has 0 radical (unpaired) electrons. The highest BCUT2D eigenvalue weighted by Gasteiger charge is 2.53. The number of carbonyl (C=O) groups excluding carboxylic acids is 2. The Morgan fingerprint density at radius 3 is 2.72 bits per heavy atom. The number of furan rings is 1. The Labute approximate surface area is 169 Å². The molecule has 152 valence electrons. The van der Waals surface area contributed by atoms with Gasteiger partial charge in [0.15, 0.2) is 0 Å². The third kappa shape index (κ3) is 3.40. The molecule has 0 saturated carbocycles. The Balaban J connectivity index is 1.20. The van der Waals surface area contributed by atoms with Crippen LogP contribution in [0.1, 0.15) is 41.8 Å². The zero-order valence-electron chi connectivity index (χ0n) is 16.3. The minimum Gasteiger partial charge on any atom is -0.469 e. The van der Waals surface area contributed by atoms with Crippen LogP contribution in [0.4, 0.5) is 5.69 Å². The number of aryl methyl sites for hydroxylation is 1. The van der Waals surface area contributed by atoms with Crippen LogP contribution in [0.2, 0.25) is 0 Å². The van der Waals surface area contributed by atoms with Gasteiger partial charge in [0.05, 0.1) is 24.0 Å². The van der Waals surface area contributed by atoms with Gasteiger partial charge in [0.25, 0.3) is 5.91 Å². The highest BCUT2D eigenvalue weighted by molar-refractivity contribution is 6.02. The molecule has 2 fully saturated rings. The smallest absolute Gasteiger partial charge is 0.255 e. The van der Waals surface area contributed by atoms with E-state index in [1.807, 2.05) is 41.3 Å². The molecular weight excluding hydrogens is 370 g/mol. The summed E-state index contributed by atoms with van der Waals surface area (Å²) >= 11 is 0. The first kappa shape index (κ1) is 18.2. The summed E-state index contributed by atoms with van der Waals surface area (Å²) in [4.78, 5) is 27.0. The van der Waals surface area contributed by atoms with E-state index in [0.717, 1.165) is 24.3 Å². The number of para-hydroxylation sites is 1. The molecule has 2 spiro atoms. The largest absolute Gasteiger partial charge is 0.469 e. The Bertz CT molecular complexity index is 918. The Morgan fingerprint density at radius 2 is 1.93 bits per heavy atom. The standard InChI is InChI=1S/C22H25N3O4/c26-19(8-7-16-4-3-13-28-16)25-11-9-21(10-12-25)14-22(15-29-21)23-18-6-2-1-5-17(18)20(27)24-22/h1-6,13,23H,7-12,14-15H2,(H,24,27). The number of rotatable bonds is 3. The zero-order chi connectivity index (χ0) is 19.9. The highest BCUT2D eigenvalue weighted by Crippen LogP contribution is 2.42. The van der Waals surface area contributed by atoms with Crippen LogP contribution >= 0.6 is 0 Å². The van der Waals surface area contributed by atoms with Gasteiger partial charge in [-0.3, -0.25) is 9.59 Å². The molecule has 2 saturated heterocycles. The number of benzene rings is 1. The number of nitrogens with one attached hydrogen (secondary N) is 2. The van der Waals surface area contributed by atoms with Crippen LogP contribution in [0.5, 0.6) is 0 Å². The number of carbonyl (C=O) groups is 2. The first-order valence-electron chi connectivity index (χ1n) is 10.2. The lowest BCUT2D eigenvalue weighted by Gasteiger charge is -2.41. The normalized spacial score (nSPS) is 25.0. The molecule has 1 atom stereocenters. The Kier molecular flexibility index (Phi) is 4.35. The van der Waals surface area contributed by atoms with E-state index in [0.29, 0.717) is 44.5 Å². The van der Waals surface area contributed by atoms with Gasteiger partial charge >= 0.3 is 0 Å². The maximum Gasteiger partial charge on any atom is 0.255 e. The van der Waals surface area contributed by atoms with Crippen LogP contribution in [0.25, 0.3) is 0 Å². The minimum atomic E-state index is -0.573. The second kappa shape index (κ2) is 6.91. The van der Waals surface area contributed by atoms with Crippen molar-refractivity contribution in [1.82, 2.24) is 10.2 Å². The second-order valence-electron chi connectivity index (χ2n) is 8.32. The van der Waals surface area contributed by atoms with Crippen molar-refractivity contribution in [3.05, 3.63) is 54.0 Å². The maximum absolute atomic E-state index is 12.6. The van der Waals surface area contributed by atoms with Crippen LogP contribution < -0.4 is 10.6 Å². The van der Waals surface area contributed by atoms with Crippen molar-refractivity contribution in [3.8, 4) is 0 Å². The number of piperidine rings is 1. The number of likely N-dealkylation sites (tertiary alicyclic amines) is 1. The van der Waals surface area contributed by atoms with Gasteiger partial charge < -0.3 is 24.7 Å². The quantitative estimate of drug-likeness (QED) is 0.835. The van der Waals surface area contributed by atoms with Gasteiger partial charge in [-0.15, -0.1) is 0 Å². The Hall–Kier alpha value is -2.80. The van der Waals surface area contributed by atoms with Crippen LogP contribution in [0, 0.1) is 0 Å². The number of ether oxygens (including phenoxy) is 1. The van der Waals surface area contributed by atoms with E-state index in [1.165, 1.54) is 0 Å². The molecular formula is C22H25N3O4. The third-order valence-corrected chi connectivity index (χ3v) is 6.34. The fourth-order valence-corrected chi connectivity index (χ4v) is 4.78. The molecule has 3 aliphatic heterocycles. The van der Waals surface area contributed by atoms with Crippen LogP contribution in [0.15, 0.2) is 47.1 Å². The lowest BCUT2D eigenvalue weighted by atomic mass is 9.84. The number of hydrogen-bond acceptors (Lipinski definition) is 5. The molecule has 4 heterocycles. The van der Waals surface area contributed by atoms with Crippen molar-refractivity contribution in [2.24, 2.45) is 0 Å². The molecule has 2 amide bonds. The van der Waals surface area contributed by atoms with Crippen LogP contribution in [-0.2, 0) is 16.0 Å². The summed E-state index contributed by atoms with van der Waals surface area (Å²) in [5.41, 5.74) is 0.639. The molecule has 1 unspecified atom stereocenters. The first-order valence-corrected chi connectivity index (χ1v) is 10.2. The summed E-state index contributed by atoms with van der Waals surface area (Å²) in [6, 6.07) is 11.3. The Morgan fingerprint density at radius 1 is 1.10 bits per heavy atom. The highest BCUT2D eigenvalue weighted by atomic mass is 16.5. The van der Waals surface area contributed by atoms with Gasteiger partial charge in [0, 0.05) is 38.0 Å².